The summed E-state index contributed by atoms with van der Waals surface area (Å²) in [5, 5.41) is 22.8. The lowest BCUT2D eigenvalue weighted by Crippen LogP contribution is -2.24. The van der Waals surface area contributed by atoms with Crippen LogP contribution in [0.4, 0.5) is 11.4 Å². The highest BCUT2D eigenvalue weighted by molar-refractivity contribution is 6.02. The molecule has 1 unspecified atom stereocenters. The van der Waals surface area contributed by atoms with E-state index >= 15 is 0 Å². The van der Waals surface area contributed by atoms with Gasteiger partial charge in [0.2, 0.25) is 0 Å². The van der Waals surface area contributed by atoms with Crippen molar-refractivity contribution in [1.29, 1.82) is 0 Å². The van der Waals surface area contributed by atoms with Crippen LogP contribution in [0.3, 0.4) is 0 Å². The third-order valence-electron chi connectivity index (χ3n) is 3.90. The molecule has 0 bridgehead atoms. The molecule has 0 spiro atoms. The van der Waals surface area contributed by atoms with Crippen molar-refractivity contribution in [3.8, 4) is 0 Å². The molecule has 3 N–H and O–H groups in total. The van der Waals surface area contributed by atoms with Gasteiger partial charge in [-0.3, -0.25) is 10.1 Å². The normalized spacial score (nSPS) is 19.0. The van der Waals surface area contributed by atoms with Crippen LogP contribution in [0.2, 0.25) is 0 Å². The fraction of sp³-hybridized carbons (Fsp3) is 0.500. The number of oxime groups is 1. The smallest absolute Gasteiger partial charge is 0.270 e. The van der Waals surface area contributed by atoms with Gasteiger partial charge in [0, 0.05) is 30.9 Å². The number of nitro groups is 1. The lowest BCUT2D eigenvalue weighted by molar-refractivity contribution is -0.384. The first kappa shape index (κ1) is 15.1. The Morgan fingerprint density at radius 2 is 2.38 bits per heavy atom. The van der Waals surface area contributed by atoms with E-state index in [2.05, 4.69) is 17.0 Å². The molecule has 1 atom stereocenters. The summed E-state index contributed by atoms with van der Waals surface area (Å²) in [7, 11) is 0. The highest BCUT2D eigenvalue weighted by atomic mass is 16.6. The molecular weight excluding hydrogens is 272 g/mol. The molecule has 1 aromatic rings. The van der Waals surface area contributed by atoms with Crippen molar-refractivity contribution in [2.24, 2.45) is 16.8 Å². The zero-order valence-electron chi connectivity index (χ0n) is 12.0. The molecule has 7 nitrogen and oxygen atoms in total. The zero-order chi connectivity index (χ0) is 15.4. The summed E-state index contributed by atoms with van der Waals surface area (Å²) < 4.78 is 0. The molecule has 0 amide bonds. The average Bonchev–Trinajstić information content (AvgIpc) is 2.94. The maximum absolute atomic E-state index is 10.9. The second-order valence-corrected chi connectivity index (χ2v) is 5.33. The van der Waals surface area contributed by atoms with Gasteiger partial charge in [0.05, 0.1) is 10.5 Å². The summed E-state index contributed by atoms with van der Waals surface area (Å²) in [4.78, 5) is 12.5. The lowest BCUT2D eigenvalue weighted by atomic mass is 10.0. The highest BCUT2D eigenvalue weighted by Crippen LogP contribution is 2.31. The molecular formula is C14H20N4O3. The Kier molecular flexibility index (Phi) is 4.62. The molecule has 7 heteroatoms. The molecule has 2 rings (SSSR count). The number of anilines is 1. The second-order valence-electron chi connectivity index (χ2n) is 5.33. The van der Waals surface area contributed by atoms with Crippen molar-refractivity contribution in [2.45, 2.75) is 26.2 Å². The molecule has 0 saturated carbocycles. The van der Waals surface area contributed by atoms with Gasteiger partial charge in [-0.05, 0) is 24.8 Å². The number of benzene rings is 1. The summed E-state index contributed by atoms with van der Waals surface area (Å²) in [6.45, 7) is 3.95. The lowest BCUT2D eigenvalue weighted by Gasteiger charge is -2.21. The second kappa shape index (κ2) is 6.43. The number of hydrogen-bond donors (Lipinski definition) is 2. The summed E-state index contributed by atoms with van der Waals surface area (Å²) in [5.74, 6) is 0.526. The zero-order valence-corrected chi connectivity index (χ0v) is 12.0. The van der Waals surface area contributed by atoms with Crippen LogP contribution in [0, 0.1) is 16.0 Å². The first-order valence-corrected chi connectivity index (χ1v) is 7.08. The quantitative estimate of drug-likeness (QED) is 0.285. The van der Waals surface area contributed by atoms with Crippen LogP contribution in [0.5, 0.6) is 0 Å². The van der Waals surface area contributed by atoms with E-state index in [1.54, 1.807) is 6.07 Å². The van der Waals surface area contributed by atoms with Gasteiger partial charge >= 0.3 is 0 Å². The Morgan fingerprint density at radius 3 is 3.00 bits per heavy atom. The largest absolute Gasteiger partial charge is 0.409 e. The molecule has 1 aromatic carbocycles. The third kappa shape index (κ3) is 3.24. The van der Waals surface area contributed by atoms with Crippen LogP contribution in [-0.2, 0) is 0 Å². The molecule has 0 aromatic heterocycles. The minimum absolute atomic E-state index is 0.0651. The van der Waals surface area contributed by atoms with E-state index in [9.17, 15) is 10.1 Å². The van der Waals surface area contributed by atoms with Crippen molar-refractivity contribution in [1.82, 2.24) is 0 Å². The first-order chi connectivity index (χ1) is 10.1. The average molecular weight is 292 g/mol. The van der Waals surface area contributed by atoms with Crippen LogP contribution in [0.25, 0.3) is 0 Å². The molecule has 0 radical (unpaired) electrons. The van der Waals surface area contributed by atoms with E-state index < -0.39 is 4.92 Å². The Morgan fingerprint density at radius 1 is 1.62 bits per heavy atom. The van der Waals surface area contributed by atoms with Crippen LogP contribution >= 0.6 is 0 Å². The first-order valence-electron chi connectivity index (χ1n) is 7.08. The minimum atomic E-state index is -0.484. The van der Waals surface area contributed by atoms with Crippen LogP contribution in [0.1, 0.15) is 31.7 Å². The van der Waals surface area contributed by atoms with Crippen molar-refractivity contribution >= 4 is 17.2 Å². The summed E-state index contributed by atoms with van der Waals surface area (Å²) >= 11 is 0. The Hall–Kier alpha value is -2.31. The van der Waals surface area contributed by atoms with Crippen molar-refractivity contribution in [2.75, 3.05) is 18.0 Å². The topological polar surface area (TPSA) is 105 Å². The molecule has 1 fully saturated rings. The van der Waals surface area contributed by atoms with Gasteiger partial charge in [-0.15, -0.1) is 0 Å². The summed E-state index contributed by atoms with van der Waals surface area (Å²) in [5.41, 5.74) is 6.80. The Labute approximate surface area is 123 Å². The van der Waals surface area contributed by atoms with Gasteiger partial charge in [-0.2, -0.15) is 0 Å². The number of nitrogens with zero attached hydrogens (tertiary/aromatic N) is 3. The van der Waals surface area contributed by atoms with E-state index in [-0.39, 0.29) is 11.5 Å². The number of non-ortho nitro benzene ring substituents is 1. The van der Waals surface area contributed by atoms with Gasteiger partial charge in [0.1, 0.15) is 0 Å². The van der Waals surface area contributed by atoms with Gasteiger partial charge in [-0.1, -0.05) is 18.5 Å². The van der Waals surface area contributed by atoms with Gasteiger partial charge in [0.25, 0.3) is 5.69 Å². The summed E-state index contributed by atoms with van der Waals surface area (Å²) in [6.07, 6.45) is 3.41. The fourth-order valence-electron chi connectivity index (χ4n) is 2.87. The Balaban J connectivity index is 2.33. The van der Waals surface area contributed by atoms with Crippen molar-refractivity contribution in [3.05, 3.63) is 33.9 Å². The van der Waals surface area contributed by atoms with Crippen LogP contribution < -0.4 is 10.6 Å². The maximum atomic E-state index is 10.9. The highest BCUT2D eigenvalue weighted by Gasteiger charge is 2.25. The van der Waals surface area contributed by atoms with Gasteiger partial charge < -0.3 is 15.8 Å². The molecule has 0 aliphatic carbocycles. The van der Waals surface area contributed by atoms with E-state index in [4.69, 9.17) is 10.9 Å². The molecule has 114 valence electrons. The predicted octanol–water partition coefficient (Wildman–Crippen LogP) is 2.32. The molecule has 1 saturated heterocycles. The molecule has 21 heavy (non-hydrogen) atoms. The standard InChI is InChI=1S/C14H20N4O3/c1-2-3-10-6-7-17(9-10)13-5-4-11(18(20)21)8-12(13)14(15)16-19/h4-5,8,10,19H,2-3,6-7,9H2,1H3,(H2,15,16). The SMILES string of the molecule is CCCC1CCN(c2ccc([N+](=O)[O-])cc2/C(N)=N/O)C1. The number of nitrogens with two attached hydrogens (primary N) is 1. The number of nitro benzene ring substituents is 1. The Bertz CT molecular complexity index is 559. The monoisotopic (exact) mass is 292 g/mol. The maximum Gasteiger partial charge on any atom is 0.270 e. The third-order valence-corrected chi connectivity index (χ3v) is 3.90. The van der Waals surface area contributed by atoms with Gasteiger partial charge in [-0.25, -0.2) is 0 Å². The predicted molar refractivity (Wildman–Crippen MR) is 80.8 cm³/mol. The van der Waals surface area contributed by atoms with Crippen LogP contribution in [0.15, 0.2) is 23.4 Å². The molecule has 1 heterocycles. The van der Waals surface area contributed by atoms with E-state index in [0.29, 0.717) is 11.5 Å². The molecule has 1 aliphatic heterocycles. The number of rotatable bonds is 5. The van der Waals surface area contributed by atoms with Crippen molar-refractivity contribution < 1.29 is 10.1 Å². The number of hydrogen-bond acceptors (Lipinski definition) is 5. The fourth-order valence-corrected chi connectivity index (χ4v) is 2.87. The number of amidine groups is 1. The van der Waals surface area contributed by atoms with Crippen LogP contribution in [-0.4, -0.2) is 29.1 Å². The summed E-state index contributed by atoms with van der Waals surface area (Å²) in [6, 6.07) is 4.49. The van der Waals surface area contributed by atoms with Gasteiger partial charge in [0.15, 0.2) is 5.84 Å². The van der Waals surface area contributed by atoms with Crippen molar-refractivity contribution in [3.63, 3.8) is 0 Å². The molecule has 1 aliphatic rings. The van der Waals surface area contributed by atoms with E-state index in [1.165, 1.54) is 18.6 Å². The van der Waals surface area contributed by atoms with E-state index in [0.717, 1.165) is 31.6 Å². The van der Waals surface area contributed by atoms with E-state index in [1.807, 2.05) is 0 Å². The minimum Gasteiger partial charge on any atom is -0.409 e.